The molecule has 0 radical (unpaired) electrons. The normalized spacial score (nSPS) is 28.3. The Balaban J connectivity index is 2.12. The predicted molar refractivity (Wildman–Crippen MR) is 58.0 cm³/mol. The smallest absolute Gasteiger partial charge is 0.0481 e. The lowest BCUT2D eigenvalue weighted by Gasteiger charge is -2.26. The van der Waals surface area contributed by atoms with Crippen molar-refractivity contribution >= 4 is 0 Å². The van der Waals surface area contributed by atoms with Crippen LogP contribution in [0.15, 0.2) is 0 Å². The summed E-state index contributed by atoms with van der Waals surface area (Å²) < 4.78 is 0. The Morgan fingerprint density at radius 1 is 1.07 bits per heavy atom. The molecule has 1 aliphatic carbocycles. The molecular formula is C12H24O2. The van der Waals surface area contributed by atoms with Crippen molar-refractivity contribution in [2.45, 2.75) is 45.4 Å². The molecule has 0 aromatic carbocycles. The van der Waals surface area contributed by atoms with E-state index >= 15 is 0 Å². The summed E-state index contributed by atoms with van der Waals surface area (Å²) in [5.74, 6) is 1.89. The highest BCUT2D eigenvalue weighted by Gasteiger charge is 2.19. The zero-order valence-electron chi connectivity index (χ0n) is 9.28. The van der Waals surface area contributed by atoms with Gasteiger partial charge in [0.25, 0.3) is 0 Å². The second-order valence-electron chi connectivity index (χ2n) is 4.93. The highest BCUT2D eigenvalue weighted by molar-refractivity contribution is 4.71. The molecule has 1 rings (SSSR count). The van der Waals surface area contributed by atoms with E-state index in [9.17, 15) is 0 Å². The first-order chi connectivity index (χ1) is 6.76. The van der Waals surface area contributed by atoms with E-state index < -0.39 is 0 Å². The fraction of sp³-hybridized carbons (Fsp3) is 1.00. The summed E-state index contributed by atoms with van der Waals surface area (Å²) in [6.07, 6.45) is 7.63. The van der Waals surface area contributed by atoms with E-state index in [2.05, 4.69) is 6.92 Å². The van der Waals surface area contributed by atoms with Gasteiger partial charge in [-0.2, -0.15) is 0 Å². The SMILES string of the molecule is CC1CCC(CCC(CO)CO)CC1. The van der Waals surface area contributed by atoms with Gasteiger partial charge in [0.05, 0.1) is 0 Å². The van der Waals surface area contributed by atoms with Crippen LogP contribution in [-0.2, 0) is 0 Å². The molecule has 0 amide bonds. The number of aliphatic hydroxyl groups is 2. The van der Waals surface area contributed by atoms with Crippen LogP contribution in [0.2, 0.25) is 0 Å². The Labute approximate surface area is 87.3 Å². The number of aliphatic hydroxyl groups excluding tert-OH is 2. The van der Waals surface area contributed by atoms with E-state index in [1.54, 1.807) is 0 Å². The van der Waals surface area contributed by atoms with Crippen molar-refractivity contribution in [1.29, 1.82) is 0 Å². The maximum Gasteiger partial charge on any atom is 0.0481 e. The molecule has 14 heavy (non-hydrogen) atoms. The minimum absolute atomic E-state index is 0.120. The van der Waals surface area contributed by atoms with Crippen molar-refractivity contribution in [1.82, 2.24) is 0 Å². The minimum Gasteiger partial charge on any atom is -0.396 e. The molecular weight excluding hydrogens is 176 g/mol. The standard InChI is InChI=1S/C12H24O2/c1-10-2-4-11(5-3-10)6-7-12(8-13)9-14/h10-14H,2-9H2,1H3. The van der Waals surface area contributed by atoms with Gasteiger partial charge < -0.3 is 10.2 Å². The van der Waals surface area contributed by atoms with Crippen molar-refractivity contribution in [2.24, 2.45) is 17.8 Å². The van der Waals surface area contributed by atoms with Crippen LogP contribution in [0.5, 0.6) is 0 Å². The highest BCUT2D eigenvalue weighted by Crippen LogP contribution is 2.31. The zero-order valence-corrected chi connectivity index (χ0v) is 9.28. The third-order valence-electron chi connectivity index (χ3n) is 3.63. The Morgan fingerprint density at radius 3 is 2.14 bits per heavy atom. The summed E-state index contributed by atoms with van der Waals surface area (Å²) in [5, 5.41) is 17.9. The van der Waals surface area contributed by atoms with Crippen LogP contribution < -0.4 is 0 Å². The lowest BCUT2D eigenvalue weighted by Crippen LogP contribution is -2.16. The number of rotatable bonds is 5. The van der Waals surface area contributed by atoms with Crippen molar-refractivity contribution in [3.05, 3.63) is 0 Å². The highest BCUT2D eigenvalue weighted by atomic mass is 16.3. The Morgan fingerprint density at radius 2 is 1.64 bits per heavy atom. The largest absolute Gasteiger partial charge is 0.396 e. The first kappa shape index (κ1) is 12.0. The minimum atomic E-state index is 0.120. The summed E-state index contributed by atoms with van der Waals surface area (Å²) in [7, 11) is 0. The molecule has 1 aliphatic rings. The van der Waals surface area contributed by atoms with Crippen molar-refractivity contribution in [2.75, 3.05) is 13.2 Å². The van der Waals surface area contributed by atoms with E-state index in [-0.39, 0.29) is 19.1 Å². The van der Waals surface area contributed by atoms with Crippen LogP contribution in [0.25, 0.3) is 0 Å². The number of hydrogen-bond acceptors (Lipinski definition) is 2. The molecule has 1 fully saturated rings. The molecule has 0 saturated heterocycles. The Hall–Kier alpha value is -0.0800. The summed E-state index contributed by atoms with van der Waals surface area (Å²) in [5.41, 5.74) is 0. The van der Waals surface area contributed by atoms with Crippen LogP contribution in [0.1, 0.15) is 45.4 Å². The predicted octanol–water partition coefficient (Wildman–Crippen LogP) is 2.19. The van der Waals surface area contributed by atoms with Gasteiger partial charge in [-0.15, -0.1) is 0 Å². The van der Waals surface area contributed by atoms with Gasteiger partial charge in [-0.25, -0.2) is 0 Å². The van der Waals surface area contributed by atoms with Crippen LogP contribution in [0.4, 0.5) is 0 Å². The molecule has 84 valence electrons. The molecule has 2 nitrogen and oxygen atoms in total. The third kappa shape index (κ3) is 3.97. The van der Waals surface area contributed by atoms with Gasteiger partial charge in [0.15, 0.2) is 0 Å². The Kier molecular flexibility index (Phi) is 5.49. The number of hydrogen-bond donors (Lipinski definition) is 2. The van der Waals surface area contributed by atoms with Crippen LogP contribution >= 0.6 is 0 Å². The van der Waals surface area contributed by atoms with Crippen molar-refractivity contribution < 1.29 is 10.2 Å². The molecule has 2 N–H and O–H groups in total. The lowest BCUT2D eigenvalue weighted by molar-refractivity contribution is 0.133. The van der Waals surface area contributed by atoms with Crippen molar-refractivity contribution in [3.8, 4) is 0 Å². The molecule has 0 aromatic rings. The van der Waals surface area contributed by atoms with E-state index in [0.29, 0.717) is 0 Å². The van der Waals surface area contributed by atoms with Gasteiger partial charge >= 0.3 is 0 Å². The average Bonchev–Trinajstić information content (AvgIpc) is 2.22. The Bertz CT molecular complexity index is 135. The quantitative estimate of drug-likeness (QED) is 0.714. The van der Waals surface area contributed by atoms with E-state index in [4.69, 9.17) is 10.2 Å². The second-order valence-corrected chi connectivity index (χ2v) is 4.93. The third-order valence-corrected chi connectivity index (χ3v) is 3.63. The van der Waals surface area contributed by atoms with Gasteiger partial charge in [-0.05, 0) is 18.3 Å². The molecule has 0 atom stereocenters. The van der Waals surface area contributed by atoms with Crippen molar-refractivity contribution in [3.63, 3.8) is 0 Å². The molecule has 0 heterocycles. The molecule has 0 unspecified atom stereocenters. The van der Waals surface area contributed by atoms with E-state index in [1.165, 1.54) is 32.1 Å². The first-order valence-corrected chi connectivity index (χ1v) is 5.98. The fourth-order valence-corrected chi connectivity index (χ4v) is 2.33. The van der Waals surface area contributed by atoms with E-state index in [1.807, 2.05) is 0 Å². The summed E-state index contributed by atoms with van der Waals surface area (Å²) in [6.45, 7) is 2.61. The van der Waals surface area contributed by atoms with E-state index in [0.717, 1.165) is 18.3 Å². The maximum absolute atomic E-state index is 8.94. The monoisotopic (exact) mass is 200 g/mol. The van der Waals surface area contributed by atoms with Gasteiger partial charge in [0, 0.05) is 19.1 Å². The zero-order chi connectivity index (χ0) is 10.4. The molecule has 0 aliphatic heterocycles. The van der Waals surface area contributed by atoms with Gasteiger partial charge in [-0.1, -0.05) is 39.0 Å². The molecule has 0 aromatic heterocycles. The second kappa shape index (κ2) is 6.41. The maximum atomic E-state index is 8.94. The summed E-state index contributed by atoms with van der Waals surface area (Å²) in [4.78, 5) is 0. The first-order valence-electron chi connectivity index (χ1n) is 5.98. The average molecular weight is 200 g/mol. The van der Waals surface area contributed by atoms with Gasteiger partial charge in [0.1, 0.15) is 0 Å². The lowest BCUT2D eigenvalue weighted by atomic mass is 9.80. The molecule has 0 bridgehead atoms. The summed E-state index contributed by atoms with van der Waals surface area (Å²) in [6, 6.07) is 0. The van der Waals surface area contributed by atoms with Crippen LogP contribution in [0, 0.1) is 17.8 Å². The molecule has 0 spiro atoms. The fourth-order valence-electron chi connectivity index (χ4n) is 2.33. The molecule has 1 saturated carbocycles. The topological polar surface area (TPSA) is 40.5 Å². The molecule has 2 heteroatoms. The van der Waals surface area contributed by atoms with Crippen LogP contribution in [-0.4, -0.2) is 23.4 Å². The van der Waals surface area contributed by atoms with Gasteiger partial charge in [-0.3, -0.25) is 0 Å². The summed E-state index contributed by atoms with van der Waals surface area (Å²) >= 11 is 0. The van der Waals surface area contributed by atoms with Crippen LogP contribution in [0.3, 0.4) is 0 Å². The van der Waals surface area contributed by atoms with Gasteiger partial charge in [0.2, 0.25) is 0 Å².